The van der Waals surface area contributed by atoms with Gasteiger partial charge in [0.2, 0.25) is 0 Å². The Labute approximate surface area is 162 Å². The molecule has 0 heterocycles. The van der Waals surface area contributed by atoms with E-state index in [1.54, 1.807) is 36.4 Å². The van der Waals surface area contributed by atoms with Crippen LogP contribution in [0.1, 0.15) is 11.1 Å². The Balaban J connectivity index is 2.08. The minimum Gasteiger partial charge on any atom is -0.497 e. The van der Waals surface area contributed by atoms with Crippen LogP contribution in [0.2, 0.25) is 5.02 Å². The molecule has 1 N–H and O–H groups in total. The lowest BCUT2D eigenvalue weighted by atomic mass is 10.1. The van der Waals surface area contributed by atoms with Crippen molar-refractivity contribution in [2.24, 2.45) is 0 Å². The lowest BCUT2D eigenvalue weighted by molar-refractivity contribution is -0.132. The van der Waals surface area contributed by atoms with E-state index in [1.165, 1.54) is 13.2 Å². The van der Waals surface area contributed by atoms with E-state index in [0.717, 1.165) is 5.56 Å². The molecule has 2 rings (SSSR count). The van der Waals surface area contributed by atoms with Gasteiger partial charge in [0.15, 0.2) is 0 Å². The number of nitrogens with zero attached hydrogens (tertiary/aromatic N) is 1. The van der Waals surface area contributed by atoms with Gasteiger partial charge in [0, 0.05) is 16.7 Å². The standard InChI is InChI=1S/C20H18ClNO5/c1-13-9-17(5-6-18(13)21)26-7-8-27-19-11-16(25-2)4-3-14(19)10-15(12-22)20(23)24/h3-6,9-11H,7-8H2,1-2H3,(H,23,24). The molecule has 140 valence electrons. The molecule has 2 aromatic carbocycles. The smallest absolute Gasteiger partial charge is 0.346 e. The highest BCUT2D eigenvalue weighted by molar-refractivity contribution is 6.31. The van der Waals surface area contributed by atoms with E-state index < -0.39 is 11.5 Å². The maximum atomic E-state index is 11.1. The van der Waals surface area contributed by atoms with Crippen molar-refractivity contribution in [3.05, 3.63) is 58.1 Å². The molecular weight excluding hydrogens is 370 g/mol. The van der Waals surface area contributed by atoms with Gasteiger partial charge in [-0.2, -0.15) is 5.26 Å². The topological polar surface area (TPSA) is 88.8 Å². The van der Waals surface area contributed by atoms with Gasteiger partial charge in [0.25, 0.3) is 0 Å². The fourth-order valence-corrected chi connectivity index (χ4v) is 2.32. The summed E-state index contributed by atoms with van der Waals surface area (Å²) in [5, 5.41) is 18.6. The summed E-state index contributed by atoms with van der Waals surface area (Å²) in [4.78, 5) is 11.1. The summed E-state index contributed by atoms with van der Waals surface area (Å²) in [6, 6.07) is 11.9. The highest BCUT2D eigenvalue weighted by Gasteiger charge is 2.10. The number of rotatable bonds is 8. The van der Waals surface area contributed by atoms with Gasteiger partial charge in [-0.05, 0) is 48.9 Å². The Morgan fingerprint density at radius 2 is 1.89 bits per heavy atom. The van der Waals surface area contributed by atoms with Crippen LogP contribution < -0.4 is 14.2 Å². The average molecular weight is 388 g/mol. The van der Waals surface area contributed by atoms with Crippen LogP contribution in [0.5, 0.6) is 17.2 Å². The predicted molar refractivity (Wildman–Crippen MR) is 101 cm³/mol. The van der Waals surface area contributed by atoms with Gasteiger partial charge in [-0.1, -0.05) is 11.6 Å². The molecular formula is C20H18ClNO5. The van der Waals surface area contributed by atoms with Crippen LogP contribution in [0, 0.1) is 18.3 Å². The van der Waals surface area contributed by atoms with Crippen molar-refractivity contribution in [3.8, 4) is 23.3 Å². The number of aryl methyl sites for hydroxylation is 1. The summed E-state index contributed by atoms with van der Waals surface area (Å²) in [5.41, 5.74) is 0.975. The van der Waals surface area contributed by atoms with Gasteiger partial charge in [0.05, 0.1) is 7.11 Å². The first-order chi connectivity index (χ1) is 12.9. The molecule has 0 radical (unpaired) electrons. The number of carbonyl (C=O) groups is 1. The van der Waals surface area contributed by atoms with E-state index in [2.05, 4.69) is 0 Å². The quantitative estimate of drug-likeness (QED) is 0.416. The number of carboxylic acid groups (broad SMARTS) is 1. The van der Waals surface area contributed by atoms with Crippen molar-refractivity contribution >= 4 is 23.6 Å². The molecule has 0 saturated carbocycles. The SMILES string of the molecule is COc1ccc(C=C(C#N)C(=O)O)c(OCCOc2ccc(Cl)c(C)c2)c1. The molecule has 6 nitrogen and oxygen atoms in total. The lowest BCUT2D eigenvalue weighted by Crippen LogP contribution is -2.10. The number of hydrogen-bond acceptors (Lipinski definition) is 5. The number of nitriles is 1. The summed E-state index contributed by atoms with van der Waals surface area (Å²) in [6.45, 7) is 2.37. The maximum absolute atomic E-state index is 11.1. The molecule has 0 atom stereocenters. The zero-order valence-electron chi connectivity index (χ0n) is 14.9. The first-order valence-electron chi connectivity index (χ1n) is 7.99. The summed E-state index contributed by atoms with van der Waals surface area (Å²) in [6.07, 6.45) is 1.25. The van der Waals surface area contributed by atoms with Crippen molar-refractivity contribution in [1.29, 1.82) is 5.26 Å². The first kappa shape index (κ1) is 20.1. The van der Waals surface area contributed by atoms with Crippen LogP contribution >= 0.6 is 11.6 Å². The van der Waals surface area contributed by atoms with Crippen LogP contribution in [-0.2, 0) is 4.79 Å². The Bertz CT molecular complexity index is 902. The zero-order chi connectivity index (χ0) is 19.8. The van der Waals surface area contributed by atoms with Crippen LogP contribution in [0.4, 0.5) is 0 Å². The number of methoxy groups -OCH3 is 1. The molecule has 0 spiro atoms. The molecule has 0 unspecified atom stereocenters. The maximum Gasteiger partial charge on any atom is 0.346 e. The van der Waals surface area contributed by atoms with E-state index in [4.69, 9.17) is 36.2 Å². The first-order valence-corrected chi connectivity index (χ1v) is 8.37. The van der Waals surface area contributed by atoms with Crippen molar-refractivity contribution in [2.75, 3.05) is 20.3 Å². The third kappa shape index (κ3) is 5.66. The molecule has 0 aliphatic heterocycles. The number of benzene rings is 2. The normalized spacial score (nSPS) is 10.8. The largest absolute Gasteiger partial charge is 0.497 e. The number of hydrogen-bond donors (Lipinski definition) is 1. The van der Waals surface area contributed by atoms with Gasteiger partial charge in [-0.25, -0.2) is 4.79 Å². The second-order valence-electron chi connectivity index (χ2n) is 5.49. The van der Waals surface area contributed by atoms with Gasteiger partial charge < -0.3 is 19.3 Å². The second kappa shape index (κ2) is 9.51. The molecule has 0 saturated heterocycles. The third-order valence-electron chi connectivity index (χ3n) is 3.61. The number of halogens is 1. The molecule has 2 aromatic rings. The van der Waals surface area contributed by atoms with Crippen LogP contribution in [0.3, 0.4) is 0 Å². The highest BCUT2D eigenvalue weighted by Crippen LogP contribution is 2.27. The van der Waals surface area contributed by atoms with Gasteiger partial charge >= 0.3 is 5.97 Å². The van der Waals surface area contributed by atoms with Crippen LogP contribution in [-0.4, -0.2) is 31.4 Å². The minimum absolute atomic E-state index is 0.213. The molecule has 27 heavy (non-hydrogen) atoms. The second-order valence-corrected chi connectivity index (χ2v) is 5.89. The fourth-order valence-electron chi connectivity index (χ4n) is 2.20. The summed E-state index contributed by atoms with van der Waals surface area (Å²) >= 11 is 5.98. The lowest BCUT2D eigenvalue weighted by Gasteiger charge is -2.12. The van der Waals surface area contributed by atoms with Crippen LogP contribution in [0.25, 0.3) is 6.08 Å². The minimum atomic E-state index is -1.30. The van der Waals surface area contributed by atoms with Gasteiger partial charge in [0.1, 0.15) is 42.1 Å². The monoisotopic (exact) mass is 387 g/mol. The molecule has 0 aliphatic carbocycles. The molecule has 0 bridgehead atoms. The van der Waals surface area contributed by atoms with Crippen molar-refractivity contribution < 1.29 is 24.1 Å². The predicted octanol–water partition coefficient (Wildman–Crippen LogP) is 4.11. The van der Waals surface area contributed by atoms with E-state index in [-0.39, 0.29) is 13.2 Å². The van der Waals surface area contributed by atoms with Gasteiger partial charge in [-0.15, -0.1) is 0 Å². The van der Waals surface area contributed by atoms with Crippen molar-refractivity contribution in [3.63, 3.8) is 0 Å². The molecule has 0 fully saturated rings. The summed E-state index contributed by atoms with van der Waals surface area (Å²) in [5.74, 6) is 0.300. The number of ether oxygens (including phenoxy) is 3. The zero-order valence-corrected chi connectivity index (χ0v) is 15.6. The Kier molecular flexibility index (Phi) is 7.09. The van der Waals surface area contributed by atoms with Gasteiger partial charge in [-0.3, -0.25) is 0 Å². The molecule has 7 heteroatoms. The molecule has 0 aromatic heterocycles. The van der Waals surface area contributed by atoms with E-state index in [0.29, 0.717) is 27.8 Å². The summed E-state index contributed by atoms with van der Waals surface area (Å²) in [7, 11) is 1.51. The fraction of sp³-hybridized carbons (Fsp3) is 0.200. The Morgan fingerprint density at radius 3 is 2.52 bits per heavy atom. The van der Waals surface area contributed by atoms with Crippen LogP contribution in [0.15, 0.2) is 42.0 Å². The Hall–Kier alpha value is -3.17. The van der Waals surface area contributed by atoms with E-state index in [9.17, 15) is 4.79 Å². The number of aliphatic carboxylic acids is 1. The number of carboxylic acids is 1. The molecule has 0 amide bonds. The highest BCUT2D eigenvalue weighted by atomic mass is 35.5. The third-order valence-corrected chi connectivity index (χ3v) is 4.03. The van der Waals surface area contributed by atoms with Crippen molar-refractivity contribution in [2.45, 2.75) is 6.92 Å². The van der Waals surface area contributed by atoms with E-state index >= 15 is 0 Å². The summed E-state index contributed by atoms with van der Waals surface area (Å²) < 4.78 is 16.5. The van der Waals surface area contributed by atoms with E-state index in [1.807, 2.05) is 13.0 Å². The average Bonchev–Trinajstić information content (AvgIpc) is 2.66. The van der Waals surface area contributed by atoms with Crippen molar-refractivity contribution in [1.82, 2.24) is 0 Å². The Morgan fingerprint density at radius 1 is 1.19 bits per heavy atom. The molecule has 0 aliphatic rings.